The lowest BCUT2D eigenvalue weighted by molar-refractivity contribution is -0.136. The van der Waals surface area contributed by atoms with Crippen LogP contribution >= 0.6 is 23.2 Å². The van der Waals surface area contributed by atoms with Crippen molar-refractivity contribution in [2.75, 3.05) is 11.9 Å². The summed E-state index contributed by atoms with van der Waals surface area (Å²) >= 11 is 11.6. The summed E-state index contributed by atoms with van der Waals surface area (Å²) < 4.78 is 5.24. The van der Waals surface area contributed by atoms with Crippen molar-refractivity contribution in [1.29, 1.82) is 0 Å². The first-order valence-electron chi connectivity index (χ1n) is 7.46. The van der Waals surface area contributed by atoms with Crippen LogP contribution in [0.25, 0.3) is 0 Å². The monoisotopic (exact) mass is 395 g/mol. The summed E-state index contributed by atoms with van der Waals surface area (Å²) in [5, 5.41) is 16.3. The van der Waals surface area contributed by atoms with Crippen LogP contribution in [0.3, 0.4) is 0 Å². The third-order valence-corrected chi connectivity index (χ3v) is 3.79. The SMILES string of the molecule is CCOc1cc(C=NNC(=O)C(=O)Nc2ccc(Cl)c(Cl)c2)ccc1O. The number of anilines is 1. The molecule has 0 saturated heterocycles. The predicted molar refractivity (Wildman–Crippen MR) is 100 cm³/mol. The number of halogens is 2. The molecule has 0 aliphatic heterocycles. The van der Waals surface area contributed by atoms with E-state index in [2.05, 4.69) is 15.8 Å². The van der Waals surface area contributed by atoms with Crippen LogP contribution in [0.1, 0.15) is 12.5 Å². The molecule has 7 nitrogen and oxygen atoms in total. The second-order valence-corrected chi connectivity index (χ2v) is 5.76. The largest absolute Gasteiger partial charge is 0.504 e. The second kappa shape index (κ2) is 9.07. The Balaban J connectivity index is 1.94. The van der Waals surface area contributed by atoms with Gasteiger partial charge in [0.05, 0.1) is 22.9 Å². The molecular formula is C17H15Cl2N3O4. The van der Waals surface area contributed by atoms with Crippen LogP contribution < -0.4 is 15.5 Å². The summed E-state index contributed by atoms with van der Waals surface area (Å²) in [7, 11) is 0. The molecular weight excluding hydrogens is 381 g/mol. The van der Waals surface area contributed by atoms with E-state index in [9.17, 15) is 14.7 Å². The van der Waals surface area contributed by atoms with E-state index in [0.717, 1.165) is 0 Å². The van der Waals surface area contributed by atoms with Crippen molar-refractivity contribution in [1.82, 2.24) is 5.43 Å². The number of carbonyl (C=O) groups is 2. The number of amides is 2. The van der Waals surface area contributed by atoms with Gasteiger partial charge in [-0.25, -0.2) is 5.43 Å². The topological polar surface area (TPSA) is 100 Å². The average Bonchev–Trinajstić information content (AvgIpc) is 2.61. The van der Waals surface area contributed by atoms with E-state index < -0.39 is 11.8 Å². The van der Waals surface area contributed by atoms with Gasteiger partial charge in [-0.1, -0.05) is 23.2 Å². The number of nitrogens with one attached hydrogen (secondary N) is 2. The normalized spacial score (nSPS) is 10.6. The second-order valence-electron chi connectivity index (χ2n) is 4.94. The standard InChI is InChI=1S/C17H15Cl2N3O4/c1-2-26-15-7-10(3-6-14(15)23)9-20-22-17(25)16(24)21-11-4-5-12(18)13(19)8-11/h3-9,23H,2H2,1H3,(H,21,24)(H,22,25). The number of phenols is 1. The molecule has 136 valence electrons. The highest BCUT2D eigenvalue weighted by Gasteiger charge is 2.13. The summed E-state index contributed by atoms with van der Waals surface area (Å²) in [5.41, 5.74) is 2.99. The van der Waals surface area contributed by atoms with Crippen LogP contribution in [0.4, 0.5) is 5.69 Å². The van der Waals surface area contributed by atoms with Crippen molar-refractivity contribution in [2.45, 2.75) is 6.92 Å². The van der Waals surface area contributed by atoms with Gasteiger partial charge in [0.15, 0.2) is 11.5 Å². The fourth-order valence-corrected chi connectivity index (χ4v) is 2.16. The first-order valence-corrected chi connectivity index (χ1v) is 8.21. The fourth-order valence-electron chi connectivity index (χ4n) is 1.86. The van der Waals surface area contributed by atoms with Gasteiger partial charge in [-0.15, -0.1) is 0 Å². The molecule has 0 unspecified atom stereocenters. The first kappa shape index (κ1) is 19.6. The molecule has 0 heterocycles. The zero-order valence-electron chi connectivity index (χ0n) is 13.6. The number of hydrogen-bond donors (Lipinski definition) is 3. The van der Waals surface area contributed by atoms with Crippen molar-refractivity contribution < 1.29 is 19.4 Å². The smallest absolute Gasteiger partial charge is 0.329 e. The minimum absolute atomic E-state index is 0.00552. The van der Waals surface area contributed by atoms with Gasteiger partial charge in [-0.3, -0.25) is 9.59 Å². The maximum atomic E-state index is 11.8. The molecule has 0 bridgehead atoms. The Kier molecular flexibility index (Phi) is 6.82. The third kappa shape index (κ3) is 5.37. The van der Waals surface area contributed by atoms with Gasteiger partial charge in [0.25, 0.3) is 0 Å². The molecule has 0 atom stereocenters. The van der Waals surface area contributed by atoms with E-state index in [1.165, 1.54) is 30.5 Å². The zero-order chi connectivity index (χ0) is 19.1. The minimum Gasteiger partial charge on any atom is -0.504 e. The molecule has 0 radical (unpaired) electrons. The number of hydrazone groups is 1. The van der Waals surface area contributed by atoms with E-state index in [1.54, 1.807) is 19.1 Å². The molecule has 0 aromatic heterocycles. The molecule has 2 rings (SSSR count). The van der Waals surface area contributed by atoms with Crippen molar-refractivity contribution in [2.24, 2.45) is 5.10 Å². The molecule has 0 aliphatic rings. The lowest BCUT2D eigenvalue weighted by Gasteiger charge is -2.06. The maximum absolute atomic E-state index is 11.8. The summed E-state index contributed by atoms with van der Waals surface area (Å²) in [6, 6.07) is 8.98. The van der Waals surface area contributed by atoms with Gasteiger partial charge >= 0.3 is 11.8 Å². The van der Waals surface area contributed by atoms with Crippen LogP contribution in [0.2, 0.25) is 10.0 Å². The maximum Gasteiger partial charge on any atom is 0.329 e. The zero-order valence-corrected chi connectivity index (χ0v) is 15.1. The highest BCUT2D eigenvalue weighted by atomic mass is 35.5. The van der Waals surface area contributed by atoms with Crippen molar-refractivity contribution >= 4 is 46.9 Å². The average molecular weight is 396 g/mol. The lowest BCUT2D eigenvalue weighted by atomic mass is 10.2. The Morgan fingerprint density at radius 3 is 2.62 bits per heavy atom. The van der Waals surface area contributed by atoms with Crippen molar-refractivity contribution in [3.05, 3.63) is 52.0 Å². The number of carbonyl (C=O) groups excluding carboxylic acids is 2. The minimum atomic E-state index is -0.962. The van der Waals surface area contributed by atoms with Gasteiger partial charge in [0.2, 0.25) is 0 Å². The summed E-state index contributed by atoms with van der Waals surface area (Å²) in [6.45, 7) is 2.17. The van der Waals surface area contributed by atoms with Gasteiger partial charge in [0, 0.05) is 5.69 Å². The number of aromatic hydroxyl groups is 1. The number of nitrogens with zero attached hydrogens (tertiary/aromatic N) is 1. The van der Waals surface area contributed by atoms with E-state index in [1.807, 2.05) is 0 Å². The van der Waals surface area contributed by atoms with Gasteiger partial charge < -0.3 is 15.2 Å². The summed E-state index contributed by atoms with van der Waals surface area (Å²) in [6.07, 6.45) is 1.31. The molecule has 9 heteroatoms. The molecule has 2 aromatic rings. The molecule has 26 heavy (non-hydrogen) atoms. The molecule has 0 saturated carbocycles. The third-order valence-electron chi connectivity index (χ3n) is 3.05. The number of ether oxygens (including phenoxy) is 1. The quantitative estimate of drug-likeness (QED) is 0.411. The molecule has 0 spiro atoms. The van der Waals surface area contributed by atoms with E-state index >= 15 is 0 Å². The van der Waals surface area contributed by atoms with Gasteiger partial charge in [-0.05, 0) is 48.9 Å². The Hall–Kier alpha value is -2.77. The highest BCUT2D eigenvalue weighted by molar-refractivity contribution is 6.42. The van der Waals surface area contributed by atoms with Crippen LogP contribution in [-0.4, -0.2) is 29.7 Å². The Labute approximate surface area is 159 Å². The Morgan fingerprint density at radius 1 is 1.15 bits per heavy atom. The fraction of sp³-hybridized carbons (Fsp3) is 0.118. The highest BCUT2D eigenvalue weighted by Crippen LogP contribution is 2.26. The van der Waals surface area contributed by atoms with E-state index in [4.69, 9.17) is 27.9 Å². The molecule has 2 aromatic carbocycles. The molecule has 0 aliphatic carbocycles. The first-order chi connectivity index (χ1) is 12.4. The Morgan fingerprint density at radius 2 is 1.92 bits per heavy atom. The van der Waals surface area contributed by atoms with Crippen LogP contribution in [0, 0.1) is 0 Å². The number of benzene rings is 2. The van der Waals surface area contributed by atoms with Gasteiger partial charge in [-0.2, -0.15) is 5.10 Å². The van der Waals surface area contributed by atoms with Crippen molar-refractivity contribution in [3.8, 4) is 11.5 Å². The van der Waals surface area contributed by atoms with E-state index in [0.29, 0.717) is 28.6 Å². The summed E-state index contributed by atoms with van der Waals surface area (Å²) in [4.78, 5) is 23.6. The van der Waals surface area contributed by atoms with Gasteiger partial charge in [0.1, 0.15) is 0 Å². The lowest BCUT2D eigenvalue weighted by Crippen LogP contribution is -2.32. The van der Waals surface area contributed by atoms with Crippen LogP contribution in [-0.2, 0) is 9.59 Å². The number of rotatable bonds is 5. The predicted octanol–water partition coefficient (Wildman–Crippen LogP) is 3.19. The molecule has 0 fully saturated rings. The number of hydrogen-bond acceptors (Lipinski definition) is 5. The van der Waals surface area contributed by atoms with Crippen LogP contribution in [0.15, 0.2) is 41.5 Å². The molecule has 3 N–H and O–H groups in total. The Bertz CT molecular complexity index is 856. The summed E-state index contributed by atoms with van der Waals surface area (Å²) in [5.74, 6) is -1.59. The molecule has 2 amide bonds. The van der Waals surface area contributed by atoms with Crippen LogP contribution in [0.5, 0.6) is 11.5 Å². The number of phenolic OH excluding ortho intramolecular Hbond substituents is 1. The van der Waals surface area contributed by atoms with Crippen molar-refractivity contribution in [3.63, 3.8) is 0 Å². The van der Waals surface area contributed by atoms with E-state index in [-0.39, 0.29) is 10.8 Å².